The molecule has 8 heteroatoms. The molecule has 1 unspecified atom stereocenters. The van der Waals surface area contributed by atoms with E-state index in [1.807, 2.05) is 30.3 Å². The van der Waals surface area contributed by atoms with Crippen molar-refractivity contribution in [1.82, 2.24) is 5.32 Å². The first-order valence-electron chi connectivity index (χ1n) is 8.73. The zero-order valence-corrected chi connectivity index (χ0v) is 15.3. The molecule has 0 radical (unpaired) electrons. The fourth-order valence-electron chi connectivity index (χ4n) is 2.83. The number of hydrogen-bond donors (Lipinski definition) is 1. The molecule has 1 aliphatic rings. The molecule has 0 aromatic heterocycles. The Morgan fingerprint density at radius 3 is 2.57 bits per heavy atom. The summed E-state index contributed by atoms with van der Waals surface area (Å²) in [5.74, 6) is -0.239. The molecule has 0 spiro atoms. The van der Waals surface area contributed by atoms with Crippen LogP contribution in [-0.4, -0.2) is 36.5 Å². The number of amides is 1. The van der Waals surface area contributed by atoms with Gasteiger partial charge in [0, 0.05) is 30.6 Å². The Hall–Kier alpha value is -3.68. The van der Waals surface area contributed by atoms with Crippen LogP contribution in [0.1, 0.15) is 5.56 Å². The fraction of sp³-hybridized carbons (Fsp3) is 0.200. The molecule has 1 N–H and O–H groups in total. The van der Waals surface area contributed by atoms with Gasteiger partial charge in [-0.15, -0.1) is 0 Å². The zero-order chi connectivity index (χ0) is 19.9. The Labute approximate surface area is 162 Å². The number of nitrogens with zero attached hydrogens (tertiary/aromatic N) is 3. The molecule has 2 aromatic carbocycles. The maximum atomic E-state index is 13.2. The number of hydrogen-bond acceptors (Lipinski definition) is 6. The molecule has 1 amide bonds. The third kappa shape index (κ3) is 4.53. The molecule has 2 aromatic rings. The van der Waals surface area contributed by atoms with E-state index in [9.17, 15) is 14.9 Å². The van der Waals surface area contributed by atoms with Crippen LogP contribution in [0.5, 0.6) is 0 Å². The van der Waals surface area contributed by atoms with Gasteiger partial charge in [0.25, 0.3) is 17.6 Å². The third-order valence-electron chi connectivity index (χ3n) is 4.29. The first-order valence-corrected chi connectivity index (χ1v) is 8.73. The van der Waals surface area contributed by atoms with Crippen LogP contribution in [0.4, 0.5) is 11.4 Å². The molecule has 0 fully saturated rings. The molecule has 28 heavy (non-hydrogen) atoms. The van der Waals surface area contributed by atoms with E-state index in [2.05, 4.69) is 10.3 Å². The normalized spacial score (nSPS) is 15.3. The van der Waals surface area contributed by atoms with Gasteiger partial charge in [-0.05, 0) is 30.2 Å². The van der Waals surface area contributed by atoms with E-state index in [1.54, 1.807) is 29.3 Å². The zero-order valence-electron chi connectivity index (χ0n) is 15.3. The van der Waals surface area contributed by atoms with E-state index in [0.29, 0.717) is 18.7 Å². The van der Waals surface area contributed by atoms with E-state index >= 15 is 0 Å². The summed E-state index contributed by atoms with van der Waals surface area (Å²) >= 11 is 0. The monoisotopic (exact) mass is 380 g/mol. The quantitative estimate of drug-likeness (QED) is 0.614. The number of rotatable bonds is 6. The smallest absolute Gasteiger partial charge is 0.289 e. The number of ether oxygens (including phenoxy) is 1. The number of nitro benzene ring substituents is 1. The van der Waals surface area contributed by atoms with Crippen molar-refractivity contribution in [3.63, 3.8) is 0 Å². The number of carbonyl (C=O) groups excluding carboxylic acids is 1. The van der Waals surface area contributed by atoms with E-state index in [-0.39, 0.29) is 17.6 Å². The molecule has 1 aliphatic heterocycles. The number of aliphatic imine (C=N–C) groups is 1. The highest BCUT2D eigenvalue weighted by Crippen LogP contribution is 2.22. The summed E-state index contributed by atoms with van der Waals surface area (Å²) in [6.07, 6.45) is 3.89. The SMILES string of the molecule is COC1=NC(C(=O)N(CCc2ccccc2)c2ccc([N+](=O)[O-])cc2)C=CN1. The summed E-state index contributed by atoms with van der Waals surface area (Å²) in [5.41, 5.74) is 1.64. The molecule has 8 nitrogen and oxygen atoms in total. The maximum Gasteiger partial charge on any atom is 0.289 e. The van der Waals surface area contributed by atoms with Gasteiger partial charge in [0.1, 0.15) is 0 Å². The van der Waals surface area contributed by atoms with Crippen LogP contribution in [0.3, 0.4) is 0 Å². The Kier molecular flexibility index (Phi) is 6.01. The molecule has 0 bridgehead atoms. The van der Waals surface area contributed by atoms with Gasteiger partial charge in [0.15, 0.2) is 6.04 Å². The highest BCUT2D eigenvalue weighted by atomic mass is 16.6. The van der Waals surface area contributed by atoms with Crippen LogP contribution < -0.4 is 10.2 Å². The largest absolute Gasteiger partial charge is 0.468 e. The molecule has 0 aliphatic carbocycles. The summed E-state index contributed by atoms with van der Waals surface area (Å²) in [6, 6.07) is 15.3. The van der Waals surface area contributed by atoms with Gasteiger partial charge in [0.05, 0.1) is 12.0 Å². The number of nitro groups is 1. The van der Waals surface area contributed by atoms with Crippen LogP contribution in [-0.2, 0) is 16.0 Å². The van der Waals surface area contributed by atoms with Gasteiger partial charge < -0.3 is 15.0 Å². The predicted molar refractivity (Wildman–Crippen MR) is 106 cm³/mol. The third-order valence-corrected chi connectivity index (χ3v) is 4.29. The number of nitrogens with one attached hydrogen (secondary N) is 1. The number of non-ortho nitro benzene ring substituents is 1. The number of amidine groups is 1. The lowest BCUT2D eigenvalue weighted by Gasteiger charge is -2.26. The minimum Gasteiger partial charge on any atom is -0.468 e. The summed E-state index contributed by atoms with van der Waals surface area (Å²) in [5, 5.41) is 13.7. The second kappa shape index (κ2) is 8.81. The summed E-state index contributed by atoms with van der Waals surface area (Å²) in [4.78, 5) is 29.4. The molecule has 0 saturated carbocycles. The van der Waals surface area contributed by atoms with E-state index < -0.39 is 11.0 Å². The van der Waals surface area contributed by atoms with Crippen molar-refractivity contribution in [2.45, 2.75) is 12.5 Å². The van der Waals surface area contributed by atoms with Crippen molar-refractivity contribution in [3.8, 4) is 0 Å². The second-order valence-electron chi connectivity index (χ2n) is 6.09. The summed E-state index contributed by atoms with van der Waals surface area (Å²) < 4.78 is 5.07. The Morgan fingerprint density at radius 1 is 1.21 bits per heavy atom. The second-order valence-corrected chi connectivity index (χ2v) is 6.09. The van der Waals surface area contributed by atoms with Gasteiger partial charge in [-0.2, -0.15) is 0 Å². The average Bonchev–Trinajstić information content (AvgIpc) is 2.75. The number of carbonyl (C=O) groups is 1. The lowest BCUT2D eigenvalue weighted by molar-refractivity contribution is -0.384. The molecular formula is C20H20N4O4. The van der Waals surface area contributed by atoms with Gasteiger partial charge in [-0.3, -0.25) is 14.9 Å². The minimum atomic E-state index is -0.734. The minimum absolute atomic E-state index is 0.0272. The lowest BCUT2D eigenvalue weighted by Crippen LogP contribution is -2.41. The van der Waals surface area contributed by atoms with Crippen molar-refractivity contribution in [1.29, 1.82) is 0 Å². The van der Waals surface area contributed by atoms with Gasteiger partial charge in [0.2, 0.25) is 0 Å². The van der Waals surface area contributed by atoms with Crippen LogP contribution in [0.15, 0.2) is 71.9 Å². The van der Waals surface area contributed by atoms with Crippen molar-refractivity contribution < 1.29 is 14.5 Å². The van der Waals surface area contributed by atoms with Gasteiger partial charge >= 0.3 is 0 Å². The molecule has 144 valence electrons. The number of anilines is 1. The molecule has 1 atom stereocenters. The average molecular weight is 380 g/mol. The first-order chi connectivity index (χ1) is 13.6. The molecule has 0 saturated heterocycles. The standard InChI is InChI=1S/C20H20N4O4/c1-28-20-21-13-11-18(22-20)19(25)23(14-12-15-5-3-2-4-6-15)16-7-9-17(10-8-16)24(26)27/h2-11,13,18H,12,14H2,1H3,(H,21,22). The van der Waals surface area contributed by atoms with Crippen molar-refractivity contribution in [3.05, 3.63) is 82.6 Å². The topological polar surface area (TPSA) is 97.1 Å². The first kappa shape index (κ1) is 19.1. The van der Waals surface area contributed by atoms with E-state index in [4.69, 9.17) is 4.74 Å². The van der Waals surface area contributed by atoms with Crippen LogP contribution in [0, 0.1) is 10.1 Å². The van der Waals surface area contributed by atoms with E-state index in [0.717, 1.165) is 5.56 Å². The van der Waals surface area contributed by atoms with Crippen LogP contribution >= 0.6 is 0 Å². The lowest BCUT2D eigenvalue weighted by atomic mass is 10.1. The Bertz CT molecular complexity index is 894. The van der Waals surface area contributed by atoms with Crippen molar-refractivity contribution in [2.75, 3.05) is 18.6 Å². The van der Waals surface area contributed by atoms with Crippen molar-refractivity contribution in [2.24, 2.45) is 4.99 Å². The highest BCUT2D eigenvalue weighted by Gasteiger charge is 2.26. The molecular weight excluding hydrogens is 360 g/mol. The summed E-state index contributed by atoms with van der Waals surface area (Å²) in [7, 11) is 1.47. The van der Waals surface area contributed by atoms with Crippen LogP contribution in [0.25, 0.3) is 0 Å². The molecule has 3 rings (SSSR count). The Balaban J connectivity index is 1.86. The highest BCUT2D eigenvalue weighted by molar-refractivity contribution is 6.00. The van der Waals surface area contributed by atoms with E-state index in [1.165, 1.54) is 19.2 Å². The fourth-order valence-corrected chi connectivity index (χ4v) is 2.83. The van der Waals surface area contributed by atoms with Crippen molar-refractivity contribution >= 4 is 23.3 Å². The predicted octanol–water partition coefficient (Wildman–Crippen LogP) is 2.66. The number of benzene rings is 2. The van der Waals surface area contributed by atoms with Gasteiger partial charge in [-0.1, -0.05) is 30.3 Å². The Morgan fingerprint density at radius 2 is 1.93 bits per heavy atom. The molecule has 1 heterocycles. The number of methoxy groups -OCH3 is 1. The van der Waals surface area contributed by atoms with Gasteiger partial charge in [-0.25, -0.2) is 4.99 Å². The van der Waals surface area contributed by atoms with Crippen LogP contribution in [0.2, 0.25) is 0 Å². The maximum absolute atomic E-state index is 13.2. The summed E-state index contributed by atoms with van der Waals surface area (Å²) in [6.45, 7) is 0.413.